The van der Waals surface area contributed by atoms with Crippen molar-refractivity contribution in [3.63, 3.8) is 0 Å². The fourth-order valence-corrected chi connectivity index (χ4v) is 2.12. The van der Waals surface area contributed by atoms with E-state index in [-0.39, 0.29) is 18.4 Å². The van der Waals surface area contributed by atoms with Gasteiger partial charge in [0.05, 0.1) is 5.69 Å². The summed E-state index contributed by atoms with van der Waals surface area (Å²) in [5.41, 5.74) is 13.8. The highest BCUT2D eigenvalue weighted by Gasteiger charge is 2.19. The average molecular weight is 299 g/mol. The number of benzene rings is 1. The molecule has 5 nitrogen and oxygen atoms in total. The molecule has 1 rings (SSSR count). The fraction of sp³-hybridized carbons (Fsp3) is 0.429. The smallest absolute Gasteiger partial charge is 0.351 e. The summed E-state index contributed by atoms with van der Waals surface area (Å²) < 4.78 is 0. The number of hydrogen-bond acceptors (Lipinski definition) is 1. The first kappa shape index (κ1) is 18.2. The van der Waals surface area contributed by atoms with E-state index >= 15 is 0 Å². The Hall–Kier alpha value is -1.75. The van der Waals surface area contributed by atoms with Gasteiger partial charge in [0, 0.05) is 6.54 Å². The molecule has 6 heteroatoms. The third-order valence-corrected chi connectivity index (χ3v) is 3.01. The number of anilines is 1. The highest BCUT2D eigenvalue weighted by atomic mass is 35.5. The highest BCUT2D eigenvalue weighted by Crippen LogP contribution is 2.27. The van der Waals surface area contributed by atoms with Crippen LogP contribution in [0.1, 0.15) is 31.9 Å². The first-order valence-corrected chi connectivity index (χ1v) is 6.56. The molecule has 0 saturated carbocycles. The maximum Gasteiger partial charge on any atom is 0.351 e. The Morgan fingerprint density at radius 2 is 1.65 bits per heavy atom. The largest absolute Gasteiger partial charge is 0.370 e. The van der Waals surface area contributed by atoms with Gasteiger partial charge in [-0.3, -0.25) is 4.90 Å². The third kappa shape index (κ3) is 4.13. The highest BCUT2D eigenvalue weighted by molar-refractivity contribution is 6.00. The van der Waals surface area contributed by atoms with E-state index in [4.69, 9.17) is 11.5 Å². The molecular weight excluding hydrogens is 276 g/mol. The number of urea groups is 1. The van der Waals surface area contributed by atoms with Gasteiger partial charge < -0.3 is 11.5 Å². The van der Waals surface area contributed by atoms with Crippen LogP contribution in [0, 0.1) is 0 Å². The Bertz CT molecular complexity index is 462. The molecule has 2 amide bonds. The van der Waals surface area contributed by atoms with E-state index in [1.807, 2.05) is 25.1 Å². The van der Waals surface area contributed by atoms with Crippen LogP contribution < -0.4 is 16.4 Å². The number of carbonyl (C=O) groups excluding carboxylic acids is 1. The SMILES string of the molecule is CCc1cccc(CC)c1N(CC)C(=O)N=C(N)N.Cl. The van der Waals surface area contributed by atoms with Crippen LogP contribution in [0.4, 0.5) is 10.5 Å². The fourth-order valence-electron chi connectivity index (χ4n) is 2.12. The number of guanidine groups is 1. The lowest BCUT2D eigenvalue weighted by Crippen LogP contribution is -2.33. The normalized spacial score (nSPS) is 9.55. The topological polar surface area (TPSA) is 84.7 Å². The lowest BCUT2D eigenvalue weighted by atomic mass is 10.0. The van der Waals surface area contributed by atoms with Gasteiger partial charge >= 0.3 is 6.03 Å². The van der Waals surface area contributed by atoms with E-state index in [0.717, 1.165) is 29.7 Å². The van der Waals surface area contributed by atoms with E-state index in [2.05, 4.69) is 18.8 Å². The zero-order chi connectivity index (χ0) is 14.4. The Morgan fingerprint density at radius 3 is 2.00 bits per heavy atom. The van der Waals surface area contributed by atoms with Gasteiger partial charge in [0.2, 0.25) is 0 Å². The molecule has 0 aliphatic rings. The maximum absolute atomic E-state index is 12.1. The summed E-state index contributed by atoms with van der Waals surface area (Å²) in [5.74, 6) is -0.213. The lowest BCUT2D eigenvalue weighted by molar-refractivity contribution is 0.254. The number of rotatable bonds is 4. The van der Waals surface area contributed by atoms with Gasteiger partial charge in [0.15, 0.2) is 5.96 Å². The van der Waals surface area contributed by atoms with E-state index in [1.165, 1.54) is 0 Å². The number of nitrogens with two attached hydrogens (primary N) is 2. The minimum Gasteiger partial charge on any atom is -0.370 e. The van der Waals surface area contributed by atoms with Crippen molar-refractivity contribution in [2.75, 3.05) is 11.4 Å². The van der Waals surface area contributed by atoms with E-state index < -0.39 is 6.03 Å². The molecule has 0 bridgehead atoms. The molecule has 0 saturated heterocycles. The third-order valence-electron chi connectivity index (χ3n) is 3.01. The van der Waals surface area contributed by atoms with Gasteiger partial charge in [-0.15, -0.1) is 12.4 Å². The predicted molar refractivity (Wildman–Crippen MR) is 86.7 cm³/mol. The molecule has 0 aliphatic carbocycles. The van der Waals surface area contributed by atoms with Crippen molar-refractivity contribution in [3.05, 3.63) is 29.3 Å². The van der Waals surface area contributed by atoms with E-state index in [9.17, 15) is 4.79 Å². The number of amides is 2. The summed E-state index contributed by atoms with van der Waals surface area (Å²) in [6.07, 6.45) is 1.71. The van der Waals surface area contributed by atoms with E-state index in [1.54, 1.807) is 4.90 Å². The van der Waals surface area contributed by atoms with Crippen molar-refractivity contribution in [3.8, 4) is 0 Å². The van der Waals surface area contributed by atoms with Crippen molar-refractivity contribution < 1.29 is 4.79 Å². The zero-order valence-corrected chi connectivity index (χ0v) is 13.0. The second-order valence-electron chi connectivity index (χ2n) is 4.20. The minimum atomic E-state index is -0.418. The molecule has 0 unspecified atom stereocenters. The van der Waals surface area contributed by atoms with E-state index in [0.29, 0.717) is 6.54 Å². The number of nitrogens with zero attached hydrogens (tertiary/aromatic N) is 2. The molecule has 0 aliphatic heterocycles. The molecular formula is C14H23ClN4O. The van der Waals surface area contributed by atoms with Crippen LogP contribution in [0.15, 0.2) is 23.2 Å². The summed E-state index contributed by atoms with van der Waals surface area (Å²) >= 11 is 0. The van der Waals surface area contributed by atoms with Crippen molar-refractivity contribution in [2.45, 2.75) is 33.6 Å². The second-order valence-corrected chi connectivity index (χ2v) is 4.20. The Balaban J connectivity index is 0.00000361. The summed E-state index contributed by atoms with van der Waals surface area (Å²) in [7, 11) is 0. The summed E-state index contributed by atoms with van der Waals surface area (Å²) in [4.78, 5) is 17.4. The molecule has 0 fully saturated rings. The number of hydrogen-bond donors (Lipinski definition) is 2. The number of aryl methyl sites for hydroxylation is 2. The molecule has 4 N–H and O–H groups in total. The molecule has 0 aromatic heterocycles. The van der Waals surface area contributed by atoms with Gasteiger partial charge in [-0.2, -0.15) is 4.99 Å². The van der Waals surface area contributed by atoms with Crippen LogP contribution in [-0.2, 0) is 12.8 Å². The minimum absolute atomic E-state index is 0. The molecule has 1 aromatic carbocycles. The van der Waals surface area contributed by atoms with Gasteiger partial charge in [0.1, 0.15) is 0 Å². The quantitative estimate of drug-likeness (QED) is 0.661. The Labute approximate surface area is 126 Å². The maximum atomic E-state index is 12.1. The number of aliphatic imine (C=N–C) groups is 1. The lowest BCUT2D eigenvalue weighted by Gasteiger charge is -2.24. The first-order valence-electron chi connectivity index (χ1n) is 6.56. The van der Waals surface area contributed by atoms with Crippen LogP contribution in [0.5, 0.6) is 0 Å². The molecule has 0 atom stereocenters. The van der Waals surface area contributed by atoms with Crippen LogP contribution in [-0.4, -0.2) is 18.5 Å². The average Bonchev–Trinajstić information content (AvgIpc) is 2.38. The standard InChI is InChI=1S/C14H22N4O.ClH/c1-4-10-8-7-9-11(5-2)12(10)18(6-3)14(19)17-13(15)16;/h7-9H,4-6H2,1-3H3,(H4,15,16,17,19);1H. The van der Waals surface area contributed by atoms with Gasteiger partial charge in [-0.05, 0) is 30.9 Å². The number of halogens is 1. The van der Waals surface area contributed by atoms with Crippen molar-refractivity contribution >= 4 is 30.1 Å². The molecule has 0 radical (unpaired) electrons. The van der Waals surface area contributed by atoms with Crippen molar-refractivity contribution in [2.24, 2.45) is 16.5 Å². The Morgan fingerprint density at radius 1 is 1.15 bits per heavy atom. The summed E-state index contributed by atoms with van der Waals surface area (Å²) in [5, 5.41) is 0. The molecule has 0 heterocycles. The monoisotopic (exact) mass is 298 g/mol. The number of carbonyl (C=O) groups is 1. The van der Waals surface area contributed by atoms with Crippen LogP contribution >= 0.6 is 12.4 Å². The van der Waals surface area contributed by atoms with Gasteiger partial charge in [0.25, 0.3) is 0 Å². The molecule has 20 heavy (non-hydrogen) atoms. The summed E-state index contributed by atoms with van der Waals surface area (Å²) in [6, 6.07) is 5.65. The summed E-state index contributed by atoms with van der Waals surface area (Å²) in [6.45, 7) is 6.57. The van der Waals surface area contributed by atoms with Gasteiger partial charge in [-0.25, -0.2) is 4.79 Å². The number of para-hydroxylation sites is 1. The first-order chi connectivity index (χ1) is 9.04. The molecule has 112 valence electrons. The van der Waals surface area contributed by atoms with Crippen LogP contribution in [0.2, 0.25) is 0 Å². The molecule has 0 spiro atoms. The van der Waals surface area contributed by atoms with Gasteiger partial charge in [-0.1, -0.05) is 32.0 Å². The Kier molecular flexibility index (Phi) is 7.69. The van der Waals surface area contributed by atoms with Crippen molar-refractivity contribution in [1.82, 2.24) is 0 Å². The van der Waals surface area contributed by atoms with Crippen molar-refractivity contribution in [1.29, 1.82) is 0 Å². The second kappa shape index (κ2) is 8.43. The zero-order valence-electron chi connectivity index (χ0n) is 12.2. The predicted octanol–water partition coefficient (Wildman–Crippen LogP) is 2.45. The molecule has 1 aromatic rings. The van der Waals surface area contributed by atoms with Crippen LogP contribution in [0.3, 0.4) is 0 Å². The van der Waals surface area contributed by atoms with Crippen LogP contribution in [0.25, 0.3) is 0 Å².